The Morgan fingerprint density at radius 3 is 2.43 bits per heavy atom. The summed E-state index contributed by atoms with van der Waals surface area (Å²) in [5.74, 6) is -1.81. The molecule has 0 atom stereocenters. The lowest BCUT2D eigenvalue weighted by Gasteiger charge is -2.29. The minimum atomic E-state index is -1.25. The van der Waals surface area contributed by atoms with Crippen molar-refractivity contribution >= 4 is 18.0 Å². The summed E-state index contributed by atoms with van der Waals surface area (Å²) in [5.41, 5.74) is 1.16. The number of ether oxygens (including phenoxy) is 2. The van der Waals surface area contributed by atoms with Crippen molar-refractivity contribution in [1.82, 2.24) is 10.1 Å². The largest absolute Gasteiger partial charge is 0.419 e. The van der Waals surface area contributed by atoms with Crippen molar-refractivity contribution in [2.45, 2.75) is 26.6 Å². The molecule has 0 radical (unpaired) electrons. The highest BCUT2D eigenvalue weighted by Crippen LogP contribution is 2.25. The normalized spacial score (nSPS) is 16.7. The average molecular weight is 314 g/mol. The number of carbonyl (C=O) groups is 2. The third kappa shape index (κ3) is 3.13. The molecule has 0 unspecified atom stereocenters. The highest BCUT2D eigenvalue weighted by molar-refractivity contribution is 6.18. The van der Waals surface area contributed by atoms with Gasteiger partial charge >= 0.3 is 11.9 Å². The zero-order valence-electron chi connectivity index (χ0n) is 12.8. The van der Waals surface area contributed by atoms with Gasteiger partial charge in [-0.05, 0) is 17.7 Å². The average Bonchev–Trinajstić information content (AvgIpc) is 2.89. The van der Waals surface area contributed by atoms with E-state index in [0.717, 1.165) is 0 Å². The summed E-state index contributed by atoms with van der Waals surface area (Å²) in [7, 11) is 0. The third-order valence-corrected chi connectivity index (χ3v) is 3.10. The fourth-order valence-corrected chi connectivity index (χ4v) is 2.13. The van der Waals surface area contributed by atoms with E-state index in [1.54, 1.807) is 31.2 Å². The van der Waals surface area contributed by atoms with Gasteiger partial charge in [0.05, 0.1) is 0 Å². The van der Waals surface area contributed by atoms with E-state index < -0.39 is 17.7 Å². The van der Waals surface area contributed by atoms with Gasteiger partial charge in [-0.3, -0.25) is 0 Å². The molecule has 7 heteroatoms. The van der Waals surface area contributed by atoms with Gasteiger partial charge in [-0.25, -0.2) is 9.59 Å². The SMILES string of the molecule is Cc1nc(-c2cccc(C=C3C(=O)OC(C)(C)OC3=O)c2)no1. The standard InChI is InChI=1S/C16H14N2O5/c1-9-17-13(18-23-9)11-6-4-5-10(7-11)8-12-14(19)21-16(2,3)22-15(12)20/h4-8H,1-3H3. The Labute approximate surface area is 131 Å². The molecule has 0 N–H and O–H groups in total. The predicted octanol–water partition coefficient (Wildman–Crippen LogP) is 2.26. The molecule has 0 aliphatic carbocycles. The van der Waals surface area contributed by atoms with Gasteiger partial charge in [-0.1, -0.05) is 23.4 Å². The first-order chi connectivity index (χ1) is 10.8. The Morgan fingerprint density at radius 1 is 1.13 bits per heavy atom. The maximum absolute atomic E-state index is 12.0. The molecule has 0 bridgehead atoms. The first kappa shape index (κ1) is 15.0. The summed E-state index contributed by atoms with van der Waals surface area (Å²) < 4.78 is 15.1. The van der Waals surface area contributed by atoms with E-state index in [4.69, 9.17) is 14.0 Å². The molecule has 2 aromatic rings. The van der Waals surface area contributed by atoms with Gasteiger partial charge in [-0.15, -0.1) is 0 Å². The van der Waals surface area contributed by atoms with Crippen LogP contribution in [0, 0.1) is 6.92 Å². The Hall–Kier alpha value is -2.96. The lowest BCUT2D eigenvalue weighted by Crippen LogP contribution is -2.41. The molecule has 23 heavy (non-hydrogen) atoms. The number of rotatable bonds is 2. The maximum atomic E-state index is 12.0. The van der Waals surface area contributed by atoms with Crippen LogP contribution < -0.4 is 0 Å². The lowest BCUT2D eigenvalue weighted by atomic mass is 10.1. The summed E-state index contributed by atoms with van der Waals surface area (Å²) >= 11 is 0. The van der Waals surface area contributed by atoms with Crippen LogP contribution in [0.1, 0.15) is 25.3 Å². The van der Waals surface area contributed by atoms with Crippen molar-refractivity contribution in [3.8, 4) is 11.4 Å². The molecule has 1 saturated heterocycles. The van der Waals surface area contributed by atoms with Gasteiger partial charge in [0, 0.05) is 26.3 Å². The van der Waals surface area contributed by atoms with Crippen LogP contribution in [0.25, 0.3) is 17.5 Å². The highest BCUT2D eigenvalue weighted by Gasteiger charge is 2.38. The topological polar surface area (TPSA) is 91.5 Å². The van der Waals surface area contributed by atoms with Crippen LogP contribution in [-0.4, -0.2) is 27.9 Å². The zero-order chi connectivity index (χ0) is 16.6. The second-order valence-corrected chi connectivity index (χ2v) is 5.50. The number of aryl methyl sites for hydroxylation is 1. The highest BCUT2D eigenvalue weighted by atomic mass is 16.7. The number of hydrogen-bond donors (Lipinski definition) is 0. The fraction of sp³-hybridized carbons (Fsp3) is 0.250. The second kappa shape index (κ2) is 5.35. The number of esters is 2. The monoisotopic (exact) mass is 314 g/mol. The molecule has 0 saturated carbocycles. The van der Waals surface area contributed by atoms with Crippen molar-refractivity contribution in [3.63, 3.8) is 0 Å². The van der Waals surface area contributed by atoms with E-state index in [2.05, 4.69) is 10.1 Å². The first-order valence-electron chi connectivity index (χ1n) is 6.93. The van der Waals surface area contributed by atoms with Crippen LogP contribution in [0.15, 0.2) is 34.4 Å². The smallest absolute Gasteiger partial charge is 0.348 e. The Kier molecular flexibility index (Phi) is 3.48. The second-order valence-electron chi connectivity index (χ2n) is 5.50. The summed E-state index contributed by atoms with van der Waals surface area (Å²) in [4.78, 5) is 28.0. The number of cyclic esters (lactones) is 2. The number of hydrogen-bond acceptors (Lipinski definition) is 7. The molecular weight excluding hydrogens is 300 g/mol. The van der Waals surface area contributed by atoms with Crippen LogP contribution in [-0.2, 0) is 19.1 Å². The predicted molar refractivity (Wildman–Crippen MR) is 78.7 cm³/mol. The molecule has 7 nitrogen and oxygen atoms in total. The summed E-state index contributed by atoms with van der Waals surface area (Å²) in [6, 6.07) is 7.03. The van der Waals surface area contributed by atoms with E-state index in [-0.39, 0.29) is 5.57 Å². The van der Waals surface area contributed by atoms with Crippen molar-refractivity contribution in [2.24, 2.45) is 0 Å². The van der Waals surface area contributed by atoms with E-state index in [1.165, 1.54) is 19.9 Å². The van der Waals surface area contributed by atoms with Crippen LogP contribution in [0.2, 0.25) is 0 Å². The minimum Gasteiger partial charge on any atom is -0.419 e. The molecule has 1 aliphatic rings. The summed E-state index contributed by atoms with van der Waals surface area (Å²) in [6.45, 7) is 4.69. The van der Waals surface area contributed by atoms with Gasteiger partial charge in [-0.2, -0.15) is 4.98 Å². The van der Waals surface area contributed by atoms with Gasteiger partial charge in [0.2, 0.25) is 11.7 Å². The van der Waals surface area contributed by atoms with Gasteiger partial charge in [0.1, 0.15) is 5.57 Å². The lowest BCUT2D eigenvalue weighted by molar-refractivity contribution is -0.222. The van der Waals surface area contributed by atoms with Crippen LogP contribution in [0.4, 0.5) is 0 Å². The van der Waals surface area contributed by atoms with Crippen molar-refractivity contribution in [3.05, 3.63) is 41.3 Å². The number of carbonyl (C=O) groups excluding carboxylic acids is 2. The minimum absolute atomic E-state index is 0.161. The molecule has 2 heterocycles. The van der Waals surface area contributed by atoms with E-state index >= 15 is 0 Å². The third-order valence-electron chi connectivity index (χ3n) is 3.10. The number of benzene rings is 1. The van der Waals surface area contributed by atoms with E-state index in [9.17, 15) is 9.59 Å². The quantitative estimate of drug-likeness (QED) is 0.477. The summed E-state index contributed by atoms with van der Waals surface area (Å²) in [6.07, 6.45) is 1.41. The van der Waals surface area contributed by atoms with Crippen LogP contribution >= 0.6 is 0 Å². The molecule has 1 fully saturated rings. The molecular formula is C16H14N2O5. The number of aromatic nitrogens is 2. The van der Waals surface area contributed by atoms with Crippen molar-refractivity contribution < 1.29 is 23.6 Å². The molecule has 0 amide bonds. The van der Waals surface area contributed by atoms with Crippen molar-refractivity contribution in [2.75, 3.05) is 0 Å². The molecule has 1 aromatic carbocycles. The Bertz CT molecular complexity index is 797. The van der Waals surface area contributed by atoms with Crippen LogP contribution in [0.3, 0.4) is 0 Å². The molecule has 1 aliphatic heterocycles. The van der Waals surface area contributed by atoms with Gasteiger partial charge in [0.25, 0.3) is 5.79 Å². The first-order valence-corrected chi connectivity index (χ1v) is 6.93. The van der Waals surface area contributed by atoms with Gasteiger partial charge in [0.15, 0.2) is 0 Å². The van der Waals surface area contributed by atoms with Crippen molar-refractivity contribution in [1.29, 1.82) is 0 Å². The molecule has 3 rings (SSSR count). The zero-order valence-corrected chi connectivity index (χ0v) is 12.8. The maximum Gasteiger partial charge on any atom is 0.348 e. The molecule has 118 valence electrons. The Morgan fingerprint density at radius 2 is 1.83 bits per heavy atom. The fourth-order valence-electron chi connectivity index (χ4n) is 2.13. The summed E-state index contributed by atoms with van der Waals surface area (Å²) in [5, 5.41) is 3.83. The molecule has 0 spiro atoms. The van der Waals surface area contributed by atoms with Crippen LogP contribution in [0.5, 0.6) is 0 Å². The Balaban J connectivity index is 1.94. The molecule has 1 aromatic heterocycles. The van der Waals surface area contributed by atoms with E-state index in [1.807, 2.05) is 0 Å². The number of nitrogens with zero attached hydrogens (tertiary/aromatic N) is 2. The van der Waals surface area contributed by atoms with Gasteiger partial charge < -0.3 is 14.0 Å². The van der Waals surface area contributed by atoms with E-state index in [0.29, 0.717) is 22.8 Å².